The maximum absolute atomic E-state index is 5.46. The van der Waals surface area contributed by atoms with Crippen molar-refractivity contribution in [2.75, 3.05) is 20.6 Å². The number of hydrogen-bond donors (Lipinski definition) is 1. The molecule has 0 unspecified atom stereocenters. The minimum Gasteiger partial charge on any atom is -0.337 e. The first-order valence-electron chi connectivity index (χ1n) is 5.72. The van der Waals surface area contributed by atoms with Crippen LogP contribution in [0, 0.1) is 0 Å². The molecule has 0 radical (unpaired) electrons. The van der Waals surface area contributed by atoms with Crippen molar-refractivity contribution in [2.45, 2.75) is 19.5 Å². The van der Waals surface area contributed by atoms with Gasteiger partial charge < -0.3 is 15.2 Å². The first kappa shape index (κ1) is 12.7. The number of aromatic nitrogens is 5. The molecule has 0 aliphatic carbocycles. The van der Waals surface area contributed by atoms with Crippen LogP contribution >= 0.6 is 0 Å². The van der Waals surface area contributed by atoms with Gasteiger partial charge >= 0.3 is 0 Å². The fourth-order valence-corrected chi connectivity index (χ4v) is 1.43. The van der Waals surface area contributed by atoms with Crippen molar-refractivity contribution < 1.29 is 4.52 Å². The molecular formula is C10H17N7O. The van der Waals surface area contributed by atoms with E-state index in [1.165, 1.54) is 0 Å². The molecule has 0 fully saturated rings. The van der Waals surface area contributed by atoms with Crippen LogP contribution < -0.4 is 5.73 Å². The van der Waals surface area contributed by atoms with Crippen LogP contribution in [0.2, 0.25) is 0 Å². The third-order valence-electron chi connectivity index (χ3n) is 2.39. The van der Waals surface area contributed by atoms with Gasteiger partial charge in [-0.3, -0.25) is 0 Å². The van der Waals surface area contributed by atoms with Crippen molar-refractivity contribution in [3.8, 4) is 0 Å². The summed E-state index contributed by atoms with van der Waals surface area (Å²) in [6.07, 6.45) is 2.53. The Bertz CT molecular complexity index is 490. The predicted octanol–water partition coefficient (Wildman–Crippen LogP) is -0.728. The Kier molecular flexibility index (Phi) is 4.00. The Morgan fingerprint density at radius 3 is 2.94 bits per heavy atom. The first-order chi connectivity index (χ1) is 8.67. The van der Waals surface area contributed by atoms with Gasteiger partial charge in [0.1, 0.15) is 6.54 Å². The zero-order valence-electron chi connectivity index (χ0n) is 10.6. The van der Waals surface area contributed by atoms with Gasteiger partial charge in [-0.2, -0.15) is 4.98 Å². The Morgan fingerprint density at radius 2 is 2.28 bits per heavy atom. The van der Waals surface area contributed by atoms with Gasteiger partial charge in [-0.15, -0.1) is 5.10 Å². The zero-order chi connectivity index (χ0) is 13.0. The van der Waals surface area contributed by atoms with Crippen molar-refractivity contribution in [1.29, 1.82) is 0 Å². The van der Waals surface area contributed by atoms with Gasteiger partial charge in [-0.05, 0) is 14.1 Å². The highest BCUT2D eigenvalue weighted by Crippen LogP contribution is 2.01. The molecule has 2 aromatic rings. The van der Waals surface area contributed by atoms with Crippen LogP contribution in [0.5, 0.6) is 0 Å². The van der Waals surface area contributed by atoms with Crippen molar-refractivity contribution in [3.63, 3.8) is 0 Å². The summed E-state index contributed by atoms with van der Waals surface area (Å²) in [6, 6.07) is 0. The third-order valence-corrected chi connectivity index (χ3v) is 2.39. The Balaban J connectivity index is 1.93. The number of nitrogens with two attached hydrogens (primary N) is 1. The van der Waals surface area contributed by atoms with Crippen molar-refractivity contribution in [3.05, 3.63) is 23.6 Å². The predicted molar refractivity (Wildman–Crippen MR) is 63.6 cm³/mol. The Hall–Kier alpha value is -1.80. The zero-order valence-corrected chi connectivity index (χ0v) is 10.6. The van der Waals surface area contributed by atoms with Gasteiger partial charge in [0.15, 0.2) is 5.82 Å². The second kappa shape index (κ2) is 5.69. The van der Waals surface area contributed by atoms with Gasteiger partial charge in [0, 0.05) is 19.5 Å². The topological polar surface area (TPSA) is 98.9 Å². The molecular weight excluding hydrogens is 234 g/mol. The lowest BCUT2D eigenvalue weighted by atomic mass is 10.4. The van der Waals surface area contributed by atoms with Crippen molar-refractivity contribution in [2.24, 2.45) is 5.73 Å². The molecule has 8 nitrogen and oxygen atoms in total. The fraction of sp³-hybridized carbons (Fsp3) is 0.600. The molecule has 0 aromatic carbocycles. The Labute approximate surface area is 105 Å². The van der Waals surface area contributed by atoms with E-state index in [2.05, 4.69) is 25.4 Å². The molecule has 2 rings (SSSR count). The van der Waals surface area contributed by atoms with Gasteiger partial charge in [0.2, 0.25) is 5.89 Å². The van der Waals surface area contributed by atoms with E-state index < -0.39 is 0 Å². The van der Waals surface area contributed by atoms with E-state index in [-0.39, 0.29) is 0 Å². The van der Waals surface area contributed by atoms with E-state index in [9.17, 15) is 0 Å². The number of nitrogens with zero attached hydrogens (tertiary/aromatic N) is 6. The lowest BCUT2D eigenvalue weighted by Crippen LogP contribution is -2.15. The van der Waals surface area contributed by atoms with Crippen LogP contribution in [0.4, 0.5) is 0 Å². The average molecular weight is 251 g/mol. The summed E-state index contributed by atoms with van der Waals surface area (Å²) in [7, 11) is 4.01. The molecule has 0 bridgehead atoms. The molecule has 18 heavy (non-hydrogen) atoms. The number of rotatable bonds is 6. The van der Waals surface area contributed by atoms with E-state index in [4.69, 9.17) is 10.3 Å². The monoisotopic (exact) mass is 251 g/mol. The molecule has 0 aliphatic heterocycles. The molecule has 0 spiro atoms. The van der Waals surface area contributed by atoms with Crippen LogP contribution in [-0.2, 0) is 19.5 Å². The largest absolute Gasteiger partial charge is 0.337 e. The minimum atomic E-state index is 0.373. The molecule has 2 aromatic heterocycles. The average Bonchev–Trinajstić information content (AvgIpc) is 2.96. The summed E-state index contributed by atoms with van der Waals surface area (Å²) in [6.45, 7) is 1.68. The highest BCUT2D eigenvalue weighted by molar-refractivity contribution is 4.93. The van der Waals surface area contributed by atoms with Gasteiger partial charge in [-0.25, -0.2) is 4.68 Å². The normalized spacial score (nSPS) is 11.3. The molecule has 2 N–H and O–H groups in total. The molecule has 8 heteroatoms. The van der Waals surface area contributed by atoms with Crippen LogP contribution in [0.3, 0.4) is 0 Å². The molecule has 2 heterocycles. The van der Waals surface area contributed by atoms with E-state index in [1.807, 2.05) is 14.1 Å². The highest BCUT2D eigenvalue weighted by Gasteiger charge is 2.08. The number of likely N-dealkylation sites (N-methyl/N-ethyl adjacent to an activating group) is 1. The summed E-state index contributed by atoms with van der Waals surface area (Å²) in [5.41, 5.74) is 6.19. The van der Waals surface area contributed by atoms with Gasteiger partial charge in [-0.1, -0.05) is 10.4 Å². The van der Waals surface area contributed by atoms with Crippen LogP contribution in [-0.4, -0.2) is 50.7 Å². The van der Waals surface area contributed by atoms with Crippen LogP contribution in [0.15, 0.2) is 10.7 Å². The molecule has 98 valence electrons. The second-order valence-corrected chi connectivity index (χ2v) is 4.27. The van der Waals surface area contributed by atoms with E-state index in [0.717, 1.165) is 18.7 Å². The summed E-state index contributed by atoms with van der Waals surface area (Å²) < 4.78 is 6.77. The van der Waals surface area contributed by atoms with Crippen LogP contribution in [0.25, 0.3) is 0 Å². The van der Waals surface area contributed by atoms with Crippen LogP contribution in [0.1, 0.15) is 17.4 Å². The van der Waals surface area contributed by atoms with Crippen molar-refractivity contribution >= 4 is 0 Å². The lowest BCUT2D eigenvalue weighted by molar-refractivity contribution is 0.355. The fourth-order valence-electron chi connectivity index (χ4n) is 1.43. The summed E-state index contributed by atoms with van der Waals surface area (Å²) in [5, 5.41) is 11.7. The molecule has 0 saturated carbocycles. The maximum atomic E-state index is 5.46. The second-order valence-electron chi connectivity index (χ2n) is 4.27. The van der Waals surface area contributed by atoms with Crippen molar-refractivity contribution in [1.82, 2.24) is 30.0 Å². The quantitative estimate of drug-likeness (QED) is 0.722. The summed E-state index contributed by atoms with van der Waals surface area (Å²) >= 11 is 0. The number of hydrogen-bond acceptors (Lipinski definition) is 7. The van der Waals surface area contributed by atoms with Gasteiger partial charge in [0.05, 0.1) is 11.9 Å². The molecule has 0 saturated heterocycles. The van der Waals surface area contributed by atoms with E-state index in [1.54, 1.807) is 10.9 Å². The standard InChI is InChI=1S/C10H17N7O/c1-16(2)4-3-9-12-10(18-14-9)7-17-6-8(5-11)13-15-17/h6H,3-5,7,11H2,1-2H3. The first-order valence-corrected chi connectivity index (χ1v) is 5.72. The third kappa shape index (κ3) is 3.34. The smallest absolute Gasteiger partial charge is 0.248 e. The van der Waals surface area contributed by atoms with Gasteiger partial charge in [0.25, 0.3) is 0 Å². The molecule has 0 aliphatic rings. The molecule has 0 amide bonds. The van der Waals surface area contributed by atoms with E-state index >= 15 is 0 Å². The summed E-state index contributed by atoms with van der Waals surface area (Å²) in [4.78, 5) is 6.36. The lowest BCUT2D eigenvalue weighted by Gasteiger charge is -2.05. The SMILES string of the molecule is CN(C)CCc1noc(Cn2cc(CN)nn2)n1. The maximum Gasteiger partial charge on any atom is 0.248 e. The Morgan fingerprint density at radius 1 is 1.44 bits per heavy atom. The minimum absolute atomic E-state index is 0.373. The molecule has 0 atom stereocenters. The summed E-state index contributed by atoms with van der Waals surface area (Å²) in [5.74, 6) is 1.23. The highest BCUT2D eigenvalue weighted by atomic mass is 16.5. The van der Waals surface area contributed by atoms with E-state index in [0.29, 0.717) is 24.8 Å².